The molecular formula is C14H25N3O2. The van der Waals surface area contributed by atoms with Crippen LogP contribution in [0.1, 0.15) is 50.8 Å². The molecule has 5 nitrogen and oxygen atoms in total. The maximum absolute atomic E-state index is 10.1. The number of aliphatic hydroxyl groups is 1. The van der Waals surface area contributed by atoms with E-state index in [1.54, 1.807) is 0 Å². The van der Waals surface area contributed by atoms with E-state index in [4.69, 9.17) is 4.42 Å². The van der Waals surface area contributed by atoms with Gasteiger partial charge in [-0.2, -0.15) is 0 Å². The first-order valence-electron chi connectivity index (χ1n) is 7.41. The molecule has 0 radical (unpaired) electrons. The second-order valence-corrected chi connectivity index (χ2v) is 5.39. The summed E-state index contributed by atoms with van der Waals surface area (Å²) in [7, 11) is 0. The molecule has 1 aromatic rings. The van der Waals surface area contributed by atoms with E-state index in [1.807, 2.05) is 6.92 Å². The van der Waals surface area contributed by atoms with E-state index in [0.29, 0.717) is 11.9 Å². The molecule has 2 heterocycles. The Labute approximate surface area is 115 Å². The third kappa shape index (κ3) is 4.01. The van der Waals surface area contributed by atoms with Gasteiger partial charge >= 0.3 is 0 Å². The lowest BCUT2D eigenvalue weighted by atomic mass is 9.95. The number of rotatable bonds is 6. The Bertz CT molecular complexity index is 381. The van der Waals surface area contributed by atoms with Gasteiger partial charge in [-0.3, -0.25) is 4.90 Å². The van der Waals surface area contributed by atoms with Crippen molar-refractivity contribution in [3.8, 4) is 0 Å². The fourth-order valence-electron chi connectivity index (χ4n) is 2.87. The Hall–Kier alpha value is -0.940. The van der Waals surface area contributed by atoms with Gasteiger partial charge in [0.05, 0.1) is 6.10 Å². The molecule has 5 heteroatoms. The molecule has 1 aromatic heterocycles. The number of hydrogen-bond donors (Lipinski definition) is 1. The number of piperidine rings is 1. The monoisotopic (exact) mass is 267 g/mol. The van der Waals surface area contributed by atoms with Crippen molar-refractivity contribution in [2.24, 2.45) is 0 Å². The summed E-state index contributed by atoms with van der Waals surface area (Å²) in [5, 5.41) is 17.9. The van der Waals surface area contributed by atoms with E-state index in [1.165, 1.54) is 12.8 Å². The zero-order valence-corrected chi connectivity index (χ0v) is 12.0. The molecule has 2 unspecified atom stereocenters. The predicted molar refractivity (Wildman–Crippen MR) is 72.9 cm³/mol. The van der Waals surface area contributed by atoms with Crippen LogP contribution in [-0.2, 0) is 6.42 Å². The Balaban J connectivity index is 1.79. The molecule has 0 bridgehead atoms. The lowest BCUT2D eigenvalue weighted by molar-refractivity contribution is 0.0234. The highest BCUT2D eigenvalue weighted by Gasteiger charge is 2.27. The standard InChI is InChI=1S/C14H25N3O2/c1-3-13(18)12-7-4-5-9-17(12)10-6-8-14-16-15-11(2)19-14/h12-13,18H,3-10H2,1-2H3. The average molecular weight is 267 g/mol. The smallest absolute Gasteiger partial charge is 0.216 e. The summed E-state index contributed by atoms with van der Waals surface area (Å²) >= 11 is 0. The van der Waals surface area contributed by atoms with Crippen molar-refractivity contribution in [3.05, 3.63) is 11.8 Å². The topological polar surface area (TPSA) is 62.4 Å². The fourth-order valence-corrected chi connectivity index (χ4v) is 2.87. The molecule has 0 saturated carbocycles. The van der Waals surface area contributed by atoms with Crippen LogP contribution in [0.3, 0.4) is 0 Å². The Morgan fingerprint density at radius 2 is 2.26 bits per heavy atom. The predicted octanol–water partition coefficient (Wildman–Crippen LogP) is 1.94. The molecular weight excluding hydrogens is 242 g/mol. The first-order valence-corrected chi connectivity index (χ1v) is 7.41. The average Bonchev–Trinajstić information content (AvgIpc) is 2.84. The first kappa shape index (κ1) is 14.5. The van der Waals surface area contributed by atoms with Gasteiger partial charge in [0.25, 0.3) is 0 Å². The van der Waals surface area contributed by atoms with Gasteiger partial charge in [0.15, 0.2) is 0 Å². The van der Waals surface area contributed by atoms with E-state index >= 15 is 0 Å². The summed E-state index contributed by atoms with van der Waals surface area (Å²) in [6, 6.07) is 0.336. The molecule has 1 N–H and O–H groups in total. The third-order valence-corrected chi connectivity index (χ3v) is 3.93. The van der Waals surface area contributed by atoms with E-state index in [0.717, 1.165) is 44.7 Å². The van der Waals surface area contributed by atoms with Crippen LogP contribution < -0.4 is 0 Å². The van der Waals surface area contributed by atoms with Crippen molar-refractivity contribution < 1.29 is 9.52 Å². The minimum absolute atomic E-state index is 0.189. The van der Waals surface area contributed by atoms with Gasteiger partial charge in [-0.15, -0.1) is 10.2 Å². The minimum Gasteiger partial charge on any atom is -0.426 e. The number of likely N-dealkylation sites (tertiary alicyclic amines) is 1. The van der Waals surface area contributed by atoms with Crippen LogP contribution in [0.25, 0.3) is 0 Å². The Kier molecular flexibility index (Phi) is 5.34. The summed E-state index contributed by atoms with van der Waals surface area (Å²) < 4.78 is 5.38. The van der Waals surface area contributed by atoms with Gasteiger partial charge in [-0.25, -0.2) is 0 Å². The lowest BCUT2D eigenvalue weighted by Gasteiger charge is -2.38. The summed E-state index contributed by atoms with van der Waals surface area (Å²) in [6.07, 6.45) is 6.08. The summed E-state index contributed by atoms with van der Waals surface area (Å²) in [4.78, 5) is 2.43. The van der Waals surface area contributed by atoms with E-state index in [2.05, 4.69) is 22.0 Å². The van der Waals surface area contributed by atoms with Crippen LogP contribution in [-0.4, -0.2) is 45.4 Å². The highest BCUT2D eigenvalue weighted by atomic mass is 16.4. The van der Waals surface area contributed by atoms with Crippen LogP contribution in [0.15, 0.2) is 4.42 Å². The second-order valence-electron chi connectivity index (χ2n) is 5.39. The number of aliphatic hydroxyl groups excluding tert-OH is 1. The molecule has 19 heavy (non-hydrogen) atoms. The van der Waals surface area contributed by atoms with Crippen molar-refractivity contribution in [1.82, 2.24) is 15.1 Å². The Morgan fingerprint density at radius 3 is 2.95 bits per heavy atom. The molecule has 1 saturated heterocycles. The number of aryl methyl sites for hydroxylation is 2. The van der Waals surface area contributed by atoms with Gasteiger partial charge in [0.2, 0.25) is 11.8 Å². The largest absolute Gasteiger partial charge is 0.426 e. The van der Waals surface area contributed by atoms with Crippen molar-refractivity contribution >= 4 is 0 Å². The fraction of sp³-hybridized carbons (Fsp3) is 0.857. The number of hydrogen-bond acceptors (Lipinski definition) is 5. The van der Waals surface area contributed by atoms with Gasteiger partial charge in [0, 0.05) is 19.4 Å². The second kappa shape index (κ2) is 7.01. The molecule has 108 valence electrons. The van der Waals surface area contributed by atoms with Crippen molar-refractivity contribution in [1.29, 1.82) is 0 Å². The van der Waals surface area contributed by atoms with E-state index < -0.39 is 0 Å². The molecule has 0 spiro atoms. The normalized spacial score (nSPS) is 22.6. The molecule has 2 atom stereocenters. The maximum Gasteiger partial charge on any atom is 0.216 e. The third-order valence-electron chi connectivity index (χ3n) is 3.93. The highest BCUT2D eigenvalue weighted by molar-refractivity contribution is 4.84. The molecule has 1 aliphatic heterocycles. The first-order chi connectivity index (χ1) is 9.20. The quantitative estimate of drug-likeness (QED) is 0.853. The number of nitrogens with zero attached hydrogens (tertiary/aromatic N) is 3. The van der Waals surface area contributed by atoms with Gasteiger partial charge in [-0.05, 0) is 38.8 Å². The zero-order valence-electron chi connectivity index (χ0n) is 12.0. The van der Waals surface area contributed by atoms with Crippen LogP contribution in [0, 0.1) is 6.92 Å². The van der Waals surface area contributed by atoms with E-state index in [-0.39, 0.29) is 6.10 Å². The molecule has 1 aliphatic rings. The number of aromatic nitrogens is 2. The van der Waals surface area contributed by atoms with Gasteiger partial charge in [-0.1, -0.05) is 13.3 Å². The van der Waals surface area contributed by atoms with Crippen molar-refractivity contribution in [2.75, 3.05) is 13.1 Å². The van der Waals surface area contributed by atoms with Crippen molar-refractivity contribution in [2.45, 2.75) is 64.5 Å². The minimum atomic E-state index is -0.189. The lowest BCUT2D eigenvalue weighted by Crippen LogP contribution is -2.47. The SMILES string of the molecule is CCC(O)C1CCCCN1CCCc1nnc(C)o1. The Morgan fingerprint density at radius 1 is 1.42 bits per heavy atom. The zero-order chi connectivity index (χ0) is 13.7. The van der Waals surface area contributed by atoms with Gasteiger partial charge in [0.1, 0.15) is 0 Å². The molecule has 0 aliphatic carbocycles. The van der Waals surface area contributed by atoms with Crippen LogP contribution in [0.5, 0.6) is 0 Å². The van der Waals surface area contributed by atoms with Crippen LogP contribution in [0.4, 0.5) is 0 Å². The van der Waals surface area contributed by atoms with E-state index in [9.17, 15) is 5.11 Å². The molecule has 1 fully saturated rings. The maximum atomic E-state index is 10.1. The summed E-state index contributed by atoms with van der Waals surface area (Å²) in [5.41, 5.74) is 0. The molecule has 0 aromatic carbocycles. The van der Waals surface area contributed by atoms with Crippen molar-refractivity contribution in [3.63, 3.8) is 0 Å². The van der Waals surface area contributed by atoms with Gasteiger partial charge < -0.3 is 9.52 Å². The molecule has 2 rings (SSSR count). The van der Waals surface area contributed by atoms with Crippen LogP contribution in [0.2, 0.25) is 0 Å². The van der Waals surface area contributed by atoms with Crippen LogP contribution >= 0.6 is 0 Å². The molecule has 0 amide bonds. The summed E-state index contributed by atoms with van der Waals surface area (Å²) in [6.45, 7) is 5.97. The summed E-state index contributed by atoms with van der Waals surface area (Å²) in [5.74, 6) is 1.36. The highest BCUT2D eigenvalue weighted by Crippen LogP contribution is 2.21.